The molecule has 0 aromatic rings. The second-order valence-electron chi connectivity index (χ2n) is 20.6. The number of rotatable bonds is 19. The smallest absolute Gasteiger partial charge is 0.227 e. The molecule has 8 aliphatic heterocycles. The van der Waals surface area contributed by atoms with Gasteiger partial charge < -0.3 is 168 Å². The van der Waals surface area contributed by atoms with Crippen molar-refractivity contribution in [3.63, 3.8) is 0 Å². The van der Waals surface area contributed by atoms with E-state index < -0.39 is 255 Å². The number of aliphatic imine (C=N–C) groups is 1. The number of fused-ring (bicyclic) bond motifs is 1. The van der Waals surface area contributed by atoms with Crippen molar-refractivity contribution >= 4 is 5.90 Å². The van der Waals surface area contributed by atoms with Crippen molar-refractivity contribution in [2.24, 2.45) is 4.99 Å². The SMILES string of the molecule is CCC1O[C@H](OCC2O[C@H](OCC3O[C@@H](O[C@@H]4C(CO)O[C@@H]5OC(C)=NC5[C@H]4O)C(O)[C@@H](O[C@H]4O[C@@H](CO)[C@@H](O)C(O)C4O[C@H]4O[C@@H](CO)[C@@H](O)C(O)C4O)[C@@H]3O)C(O)[C@@H](O[C@H]3O[C@@H](CO)[C@@H](O)C(O)C3O)[C@@H]2O)C(O)[C@@H](O)[C@@H]1O. The molecule has 464 valence electrons. The third kappa shape index (κ3) is 13.0. The number of aliphatic hydroxyl groups is 20. The first-order valence-corrected chi connectivity index (χ1v) is 26.0. The van der Waals surface area contributed by atoms with Gasteiger partial charge in [0.1, 0.15) is 165 Å². The molecule has 0 aromatic heterocycles. The minimum absolute atomic E-state index is 0.0959. The molecule has 0 amide bonds. The lowest BCUT2D eigenvalue weighted by molar-refractivity contribution is -0.397. The Morgan fingerprint density at radius 1 is 0.338 bits per heavy atom. The summed E-state index contributed by atoms with van der Waals surface area (Å²) >= 11 is 0. The Bertz CT molecular complexity index is 1970. The van der Waals surface area contributed by atoms with E-state index in [4.69, 9.17) is 66.3 Å². The normalized spacial score (nSPS) is 53.0. The first-order chi connectivity index (χ1) is 38.0. The first-order valence-electron chi connectivity index (χ1n) is 26.0. The van der Waals surface area contributed by atoms with Crippen LogP contribution in [0.4, 0.5) is 0 Å². The molecular weight excluding hydrogens is 1100 g/mol. The van der Waals surface area contributed by atoms with Crippen LogP contribution in [0.1, 0.15) is 20.3 Å². The Balaban J connectivity index is 1.08. The summed E-state index contributed by atoms with van der Waals surface area (Å²) in [4.78, 5) is 4.20. The summed E-state index contributed by atoms with van der Waals surface area (Å²) in [6, 6.07) is -1.16. The second kappa shape index (κ2) is 27.2. The van der Waals surface area contributed by atoms with Gasteiger partial charge >= 0.3 is 0 Å². The van der Waals surface area contributed by atoms with Gasteiger partial charge in [0.2, 0.25) is 6.29 Å². The highest BCUT2D eigenvalue weighted by atomic mass is 16.8. The molecule has 0 radical (unpaired) electrons. The van der Waals surface area contributed by atoms with Crippen LogP contribution in [0.5, 0.6) is 0 Å². The first kappa shape index (κ1) is 64.2. The fraction of sp³-hybridized carbons (Fsp3) is 0.978. The number of ether oxygens (including phenoxy) is 14. The molecular formula is C45H75NO34. The highest BCUT2D eigenvalue weighted by Crippen LogP contribution is 2.38. The summed E-state index contributed by atoms with van der Waals surface area (Å²) in [5, 5.41) is 217. The predicted molar refractivity (Wildman–Crippen MR) is 245 cm³/mol. The molecule has 0 aliphatic carbocycles. The van der Waals surface area contributed by atoms with Gasteiger partial charge in [-0.1, -0.05) is 6.92 Å². The van der Waals surface area contributed by atoms with Gasteiger partial charge in [-0.2, -0.15) is 0 Å². The summed E-state index contributed by atoms with van der Waals surface area (Å²) in [5.41, 5.74) is 0. The minimum Gasteiger partial charge on any atom is -0.450 e. The molecule has 8 heterocycles. The maximum absolute atomic E-state index is 12.1. The molecule has 80 heavy (non-hydrogen) atoms. The fourth-order valence-electron chi connectivity index (χ4n) is 10.6. The van der Waals surface area contributed by atoms with Gasteiger partial charge in [0.05, 0.1) is 45.7 Å². The van der Waals surface area contributed by atoms with E-state index in [1.807, 2.05) is 0 Å². The summed E-state index contributed by atoms with van der Waals surface area (Å²) in [7, 11) is 0. The Kier molecular flexibility index (Phi) is 21.8. The largest absolute Gasteiger partial charge is 0.450 e. The van der Waals surface area contributed by atoms with Crippen molar-refractivity contribution in [2.75, 3.05) is 39.6 Å². The third-order valence-electron chi connectivity index (χ3n) is 15.3. The van der Waals surface area contributed by atoms with Crippen LogP contribution in [-0.4, -0.2) is 363 Å². The Morgan fingerprint density at radius 2 is 0.700 bits per heavy atom. The summed E-state index contributed by atoms with van der Waals surface area (Å²) in [5.74, 6) is 0.0959. The monoisotopic (exact) mass is 1170 g/mol. The third-order valence-corrected chi connectivity index (χ3v) is 15.3. The summed E-state index contributed by atoms with van der Waals surface area (Å²) < 4.78 is 80.9. The summed E-state index contributed by atoms with van der Waals surface area (Å²) in [6.45, 7) is -2.42. The maximum Gasteiger partial charge on any atom is 0.227 e. The molecule has 35 nitrogen and oxygen atoms in total. The lowest BCUT2D eigenvalue weighted by atomic mass is 9.95. The van der Waals surface area contributed by atoms with Crippen LogP contribution in [0.2, 0.25) is 0 Å². The second-order valence-corrected chi connectivity index (χ2v) is 20.6. The van der Waals surface area contributed by atoms with E-state index in [1.54, 1.807) is 6.92 Å². The molecule has 0 saturated carbocycles. The molecule has 0 spiro atoms. The van der Waals surface area contributed by atoms with Gasteiger partial charge in [-0.05, 0) is 6.42 Å². The van der Waals surface area contributed by atoms with Gasteiger partial charge in [0, 0.05) is 6.92 Å². The molecule has 7 fully saturated rings. The number of hydrogen-bond donors (Lipinski definition) is 20. The van der Waals surface area contributed by atoms with E-state index in [9.17, 15) is 102 Å². The Morgan fingerprint density at radius 3 is 1.20 bits per heavy atom. The van der Waals surface area contributed by atoms with E-state index in [1.165, 1.54) is 6.92 Å². The average molecular weight is 1170 g/mol. The Hall–Kier alpha value is -1.85. The highest BCUT2D eigenvalue weighted by Gasteiger charge is 2.58. The zero-order valence-electron chi connectivity index (χ0n) is 42.8. The molecule has 14 unspecified atom stereocenters. The van der Waals surface area contributed by atoms with Gasteiger partial charge in [-0.3, -0.25) is 0 Å². The average Bonchev–Trinajstić information content (AvgIpc) is 3.85. The molecule has 20 N–H and O–H groups in total. The van der Waals surface area contributed by atoms with Crippen molar-refractivity contribution in [3.05, 3.63) is 0 Å². The fourth-order valence-corrected chi connectivity index (χ4v) is 10.6. The Labute approximate surface area is 453 Å². The lowest BCUT2D eigenvalue weighted by Gasteiger charge is -2.49. The molecule has 8 rings (SSSR count). The van der Waals surface area contributed by atoms with Crippen LogP contribution >= 0.6 is 0 Å². The predicted octanol–water partition coefficient (Wildman–Crippen LogP) is -13.4. The van der Waals surface area contributed by atoms with Crippen molar-refractivity contribution in [1.29, 1.82) is 0 Å². The maximum atomic E-state index is 12.1. The van der Waals surface area contributed by atoms with Crippen molar-refractivity contribution < 1.29 is 168 Å². The van der Waals surface area contributed by atoms with E-state index >= 15 is 0 Å². The van der Waals surface area contributed by atoms with E-state index in [0.29, 0.717) is 0 Å². The molecule has 8 aliphatic rings. The number of nitrogens with zero attached hydrogens (tertiary/aromatic N) is 1. The van der Waals surface area contributed by atoms with Gasteiger partial charge in [0.15, 0.2) is 43.6 Å². The number of hydrogen-bond acceptors (Lipinski definition) is 35. The van der Waals surface area contributed by atoms with Crippen LogP contribution in [-0.2, 0) is 66.3 Å². The van der Waals surface area contributed by atoms with Crippen LogP contribution in [0.15, 0.2) is 4.99 Å². The van der Waals surface area contributed by atoms with Gasteiger partial charge in [-0.25, -0.2) is 4.99 Å². The molecule has 0 aromatic carbocycles. The molecule has 35 heteroatoms. The zero-order valence-corrected chi connectivity index (χ0v) is 42.8. The molecule has 0 bridgehead atoms. The van der Waals surface area contributed by atoms with E-state index in [0.717, 1.165) is 0 Å². The standard InChI is InChI=1S/C45H75NO34/c1-3-11-19(51)26(58)30(62)40(70-11)67-8-16-23(55)36(78-42-31(63)27(59)20(52)12(4-47)71-42)33(65)41(75-16)68-9-17-24(56)37(34(66)44(76-17)77-35-15(7-50)74-39-18(25(35)57)46-10(2)69-39)79-45-38(29(61)22(54)14(6-49)73-45)80-43-32(64)28(60)21(53)13(5-48)72-43/h11-45,47-66H,3-9H2,1-2H3/t11?,12-,13-,14-,15?,16?,17?,18?,19+,20+,21+,22+,23+,24+,25+,26-,27?,28?,29?,30?,31?,32?,33?,34?,35+,36-,37-,38?,39-,40-,41-,42+,43+,44-,45+/m0/s1. The lowest BCUT2D eigenvalue weighted by Crippen LogP contribution is -2.68. The molecule has 7 saturated heterocycles. The van der Waals surface area contributed by atoms with Crippen LogP contribution in [0, 0.1) is 0 Å². The van der Waals surface area contributed by atoms with E-state index in [-0.39, 0.29) is 12.3 Å². The van der Waals surface area contributed by atoms with Gasteiger partial charge in [-0.15, -0.1) is 0 Å². The van der Waals surface area contributed by atoms with Crippen LogP contribution in [0.25, 0.3) is 0 Å². The van der Waals surface area contributed by atoms with Crippen LogP contribution < -0.4 is 0 Å². The van der Waals surface area contributed by atoms with Gasteiger partial charge in [0.25, 0.3) is 0 Å². The number of aliphatic hydroxyl groups excluding tert-OH is 20. The minimum atomic E-state index is -2.25. The van der Waals surface area contributed by atoms with Crippen LogP contribution in [0.3, 0.4) is 0 Å². The van der Waals surface area contributed by atoms with Crippen molar-refractivity contribution in [3.8, 4) is 0 Å². The zero-order chi connectivity index (χ0) is 58.3. The van der Waals surface area contributed by atoms with Crippen molar-refractivity contribution in [1.82, 2.24) is 0 Å². The quantitative estimate of drug-likeness (QED) is 0.0571. The summed E-state index contributed by atoms with van der Waals surface area (Å²) in [6.07, 6.45) is -63.5. The molecule has 35 atom stereocenters. The van der Waals surface area contributed by atoms with E-state index in [2.05, 4.69) is 4.99 Å². The van der Waals surface area contributed by atoms with Crippen molar-refractivity contribution in [2.45, 2.75) is 235 Å². The topological polar surface area (TPSA) is 546 Å². The highest BCUT2D eigenvalue weighted by molar-refractivity contribution is 5.75.